The highest BCUT2D eigenvalue weighted by atomic mass is 16.2. The minimum atomic E-state index is -0.215. The molecule has 1 fully saturated rings. The second kappa shape index (κ2) is 7.68. The average molecular weight is 355 g/mol. The number of hydrogen-bond donors (Lipinski definition) is 2. The Labute approximate surface area is 153 Å². The third kappa shape index (κ3) is 4.09. The van der Waals surface area contributed by atoms with Crippen molar-refractivity contribution in [1.82, 2.24) is 25.4 Å². The Balaban J connectivity index is 1.75. The lowest BCUT2D eigenvalue weighted by Crippen LogP contribution is -2.39. The van der Waals surface area contributed by atoms with E-state index in [0.29, 0.717) is 36.6 Å². The van der Waals surface area contributed by atoms with Crippen LogP contribution in [0.2, 0.25) is 0 Å². The highest BCUT2D eigenvalue weighted by Gasteiger charge is 2.39. The number of likely N-dealkylation sites (tertiary alicyclic amines) is 1. The molecular weight excluding hydrogens is 330 g/mol. The van der Waals surface area contributed by atoms with E-state index < -0.39 is 0 Å². The average Bonchev–Trinajstić information content (AvgIpc) is 3.21. The number of aromatic nitrogens is 3. The molecule has 1 aliphatic rings. The molecule has 0 aliphatic carbocycles. The van der Waals surface area contributed by atoms with E-state index in [1.807, 2.05) is 39.0 Å². The lowest BCUT2D eigenvalue weighted by molar-refractivity contribution is -0.133. The zero-order valence-electron chi connectivity index (χ0n) is 15.4. The van der Waals surface area contributed by atoms with Gasteiger partial charge in [0.2, 0.25) is 5.91 Å². The van der Waals surface area contributed by atoms with Gasteiger partial charge in [0.05, 0.1) is 6.04 Å². The third-order valence-electron chi connectivity index (χ3n) is 4.49. The van der Waals surface area contributed by atoms with Crippen molar-refractivity contribution in [2.24, 2.45) is 5.92 Å². The first-order valence-electron chi connectivity index (χ1n) is 8.98. The van der Waals surface area contributed by atoms with Crippen molar-refractivity contribution in [3.05, 3.63) is 47.5 Å². The molecule has 1 aromatic carbocycles. The summed E-state index contributed by atoms with van der Waals surface area (Å²) in [5, 5.41) is 10.1. The molecule has 1 aromatic heterocycles. The number of rotatable bonds is 5. The van der Waals surface area contributed by atoms with Gasteiger partial charge in [0.1, 0.15) is 5.82 Å². The topological polar surface area (TPSA) is 91.0 Å². The second-order valence-electron chi connectivity index (χ2n) is 7.21. The van der Waals surface area contributed by atoms with Gasteiger partial charge in [-0.3, -0.25) is 14.7 Å². The maximum Gasteiger partial charge on any atom is 0.251 e. The van der Waals surface area contributed by atoms with Gasteiger partial charge in [-0.05, 0) is 31.4 Å². The van der Waals surface area contributed by atoms with Gasteiger partial charge in [-0.25, -0.2) is 4.98 Å². The molecule has 2 atom stereocenters. The van der Waals surface area contributed by atoms with Gasteiger partial charge < -0.3 is 10.2 Å². The van der Waals surface area contributed by atoms with Gasteiger partial charge in [0.15, 0.2) is 5.82 Å². The molecule has 7 heteroatoms. The highest BCUT2D eigenvalue weighted by molar-refractivity contribution is 5.94. The number of H-pyrrole nitrogens is 1. The molecule has 0 saturated carbocycles. The molecule has 2 aromatic rings. The Hall–Kier alpha value is -2.70. The van der Waals surface area contributed by atoms with E-state index in [1.165, 1.54) is 0 Å². The molecule has 0 unspecified atom stereocenters. The molecular formula is C19H25N5O2. The summed E-state index contributed by atoms with van der Waals surface area (Å²) < 4.78 is 0. The molecule has 0 bridgehead atoms. The summed E-state index contributed by atoms with van der Waals surface area (Å²) in [5.74, 6) is 1.54. The van der Waals surface area contributed by atoms with Crippen LogP contribution in [0.5, 0.6) is 0 Å². The molecule has 3 rings (SSSR count). The number of benzene rings is 1. The molecule has 26 heavy (non-hydrogen) atoms. The maximum atomic E-state index is 12.7. The summed E-state index contributed by atoms with van der Waals surface area (Å²) >= 11 is 0. The number of aryl methyl sites for hydroxylation is 1. The Kier molecular flexibility index (Phi) is 5.35. The Morgan fingerprint density at radius 3 is 2.65 bits per heavy atom. The molecule has 138 valence electrons. The summed E-state index contributed by atoms with van der Waals surface area (Å²) in [6.45, 7) is 6.35. The van der Waals surface area contributed by atoms with Crippen LogP contribution in [0.25, 0.3) is 0 Å². The summed E-state index contributed by atoms with van der Waals surface area (Å²) in [6, 6.07) is 8.77. The minimum Gasteiger partial charge on any atom is -0.347 e. The van der Waals surface area contributed by atoms with E-state index in [4.69, 9.17) is 0 Å². The van der Waals surface area contributed by atoms with E-state index in [-0.39, 0.29) is 29.8 Å². The van der Waals surface area contributed by atoms with E-state index in [1.54, 1.807) is 17.0 Å². The Bertz CT molecular complexity index is 771. The first-order valence-corrected chi connectivity index (χ1v) is 8.98. The monoisotopic (exact) mass is 355 g/mol. The standard InChI is InChI=1S/C19H25N5O2/c1-12(2)9-17(25)24-11-15(10-16(24)18-20-13(3)22-23-18)21-19(26)14-7-5-4-6-8-14/h4-8,12,15-16H,9-11H2,1-3H3,(H,21,26)(H,20,22,23)/t15-,16-/m0/s1. The van der Waals surface area contributed by atoms with E-state index in [9.17, 15) is 9.59 Å². The number of aromatic amines is 1. The zero-order chi connectivity index (χ0) is 18.7. The van der Waals surface area contributed by atoms with Gasteiger partial charge in [-0.1, -0.05) is 32.0 Å². The molecule has 1 saturated heterocycles. The van der Waals surface area contributed by atoms with Crippen LogP contribution in [0.3, 0.4) is 0 Å². The van der Waals surface area contributed by atoms with Gasteiger partial charge >= 0.3 is 0 Å². The first-order chi connectivity index (χ1) is 12.4. The SMILES string of the molecule is Cc1nc([C@@H]2C[C@H](NC(=O)c3ccccc3)CN2C(=O)CC(C)C)n[nH]1. The number of nitrogens with one attached hydrogen (secondary N) is 2. The second-order valence-corrected chi connectivity index (χ2v) is 7.21. The van der Waals surface area contributed by atoms with Crippen LogP contribution in [0.1, 0.15) is 54.7 Å². The van der Waals surface area contributed by atoms with Gasteiger partial charge in [0, 0.05) is 24.6 Å². The quantitative estimate of drug-likeness (QED) is 0.860. The fraction of sp³-hybridized carbons (Fsp3) is 0.474. The lowest BCUT2D eigenvalue weighted by Gasteiger charge is -2.23. The molecule has 2 amide bonds. The fourth-order valence-corrected chi connectivity index (χ4v) is 3.29. The van der Waals surface area contributed by atoms with Crippen LogP contribution in [0.15, 0.2) is 30.3 Å². The van der Waals surface area contributed by atoms with Crippen molar-refractivity contribution < 1.29 is 9.59 Å². The van der Waals surface area contributed by atoms with E-state index in [0.717, 1.165) is 0 Å². The Morgan fingerprint density at radius 1 is 1.31 bits per heavy atom. The van der Waals surface area contributed by atoms with Gasteiger partial charge in [-0.2, -0.15) is 5.10 Å². The molecule has 2 heterocycles. The number of carbonyl (C=O) groups excluding carboxylic acids is 2. The number of hydrogen-bond acceptors (Lipinski definition) is 4. The van der Waals surface area contributed by atoms with Crippen molar-refractivity contribution in [3.63, 3.8) is 0 Å². The van der Waals surface area contributed by atoms with Crippen molar-refractivity contribution in [1.29, 1.82) is 0 Å². The van der Waals surface area contributed by atoms with Crippen LogP contribution in [-0.4, -0.2) is 44.5 Å². The van der Waals surface area contributed by atoms with Crippen LogP contribution in [-0.2, 0) is 4.79 Å². The van der Waals surface area contributed by atoms with Crippen molar-refractivity contribution in [3.8, 4) is 0 Å². The summed E-state index contributed by atoms with van der Waals surface area (Å²) in [6.07, 6.45) is 1.08. The number of nitrogens with zero attached hydrogens (tertiary/aromatic N) is 3. The third-order valence-corrected chi connectivity index (χ3v) is 4.49. The number of carbonyl (C=O) groups is 2. The minimum absolute atomic E-state index is 0.0731. The summed E-state index contributed by atoms with van der Waals surface area (Å²) in [7, 11) is 0. The van der Waals surface area contributed by atoms with Crippen molar-refractivity contribution in [2.45, 2.75) is 45.7 Å². The van der Waals surface area contributed by atoms with E-state index >= 15 is 0 Å². The molecule has 7 nitrogen and oxygen atoms in total. The van der Waals surface area contributed by atoms with Crippen LogP contribution in [0.4, 0.5) is 0 Å². The smallest absolute Gasteiger partial charge is 0.251 e. The van der Waals surface area contributed by atoms with Gasteiger partial charge in [-0.15, -0.1) is 0 Å². The lowest BCUT2D eigenvalue weighted by atomic mass is 10.1. The summed E-state index contributed by atoms with van der Waals surface area (Å²) in [4.78, 5) is 31.4. The van der Waals surface area contributed by atoms with Crippen LogP contribution >= 0.6 is 0 Å². The number of amides is 2. The van der Waals surface area contributed by atoms with Crippen molar-refractivity contribution in [2.75, 3.05) is 6.54 Å². The Morgan fingerprint density at radius 2 is 2.04 bits per heavy atom. The first kappa shape index (κ1) is 18.1. The zero-order valence-corrected chi connectivity index (χ0v) is 15.4. The molecule has 1 aliphatic heterocycles. The van der Waals surface area contributed by atoms with Crippen molar-refractivity contribution >= 4 is 11.8 Å². The largest absolute Gasteiger partial charge is 0.347 e. The predicted octanol–water partition coefficient (Wildman–Crippen LogP) is 2.23. The van der Waals surface area contributed by atoms with Crippen LogP contribution in [0, 0.1) is 12.8 Å². The molecule has 2 N–H and O–H groups in total. The van der Waals surface area contributed by atoms with Gasteiger partial charge in [0.25, 0.3) is 5.91 Å². The summed E-state index contributed by atoms with van der Waals surface area (Å²) in [5.41, 5.74) is 0.616. The van der Waals surface area contributed by atoms with E-state index in [2.05, 4.69) is 20.5 Å². The normalized spacial score (nSPS) is 19.8. The fourth-order valence-electron chi connectivity index (χ4n) is 3.29. The highest BCUT2D eigenvalue weighted by Crippen LogP contribution is 2.31. The van der Waals surface area contributed by atoms with Crippen LogP contribution < -0.4 is 5.32 Å². The maximum absolute atomic E-state index is 12.7. The molecule has 0 radical (unpaired) electrons. The molecule has 0 spiro atoms. The predicted molar refractivity (Wildman–Crippen MR) is 97.3 cm³/mol.